The molecule has 23 heavy (non-hydrogen) atoms. The highest BCUT2D eigenvalue weighted by Crippen LogP contribution is 2.29. The number of hydrogen-bond acceptors (Lipinski definition) is 3. The monoisotopic (exact) mass is 329 g/mol. The van der Waals surface area contributed by atoms with Gasteiger partial charge in [-0.15, -0.1) is 0 Å². The Hall–Kier alpha value is -2.09. The summed E-state index contributed by atoms with van der Waals surface area (Å²) in [6.45, 7) is 2.04. The fourth-order valence-electron chi connectivity index (χ4n) is 2.40. The Morgan fingerprint density at radius 1 is 1.17 bits per heavy atom. The minimum absolute atomic E-state index is 0.0274. The van der Waals surface area contributed by atoms with Gasteiger partial charge < -0.3 is 10.2 Å². The first-order valence-corrected chi connectivity index (χ1v) is 7.20. The van der Waals surface area contributed by atoms with Crippen LogP contribution in [0.15, 0.2) is 24.3 Å². The molecular formula is C15H18F3N3O2. The summed E-state index contributed by atoms with van der Waals surface area (Å²) >= 11 is 0. The molecule has 1 N–H and O–H groups in total. The van der Waals surface area contributed by atoms with Gasteiger partial charge in [0.2, 0.25) is 5.91 Å². The molecule has 0 radical (unpaired) electrons. The molecule has 1 fully saturated rings. The second-order valence-electron chi connectivity index (χ2n) is 5.32. The third kappa shape index (κ3) is 4.44. The zero-order valence-corrected chi connectivity index (χ0v) is 12.7. The molecule has 0 saturated carbocycles. The minimum atomic E-state index is -4.47. The largest absolute Gasteiger partial charge is 0.416 e. The first-order valence-electron chi connectivity index (χ1n) is 7.20. The van der Waals surface area contributed by atoms with Crippen LogP contribution in [0.25, 0.3) is 0 Å². The first kappa shape index (κ1) is 17.3. The van der Waals surface area contributed by atoms with Gasteiger partial charge in [0.1, 0.15) is 0 Å². The SMILES string of the molecule is CNC(=O)CN1CCN(C(=O)c2cccc(C(F)(F)F)c2)CC1. The molecule has 1 aromatic rings. The van der Waals surface area contributed by atoms with Crippen molar-refractivity contribution in [2.24, 2.45) is 0 Å². The predicted molar refractivity (Wildman–Crippen MR) is 77.9 cm³/mol. The van der Waals surface area contributed by atoms with E-state index in [1.807, 2.05) is 4.90 Å². The Balaban J connectivity index is 1.99. The molecule has 1 saturated heterocycles. The van der Waals surface area contributed by atoms with Crippen molar-refractivity contribution < 1.29 is 22.8 Å². The van der Waals surface area contributed by atoms with Crippen molar-refractivity contribution in [1.82, 2.24) is 15.1 Å². The van der Waals surface area contributed by atoms with E-state index in [4.69, 9.17) is 0 Å². The van der Waals surface area contributed by atoms with Gasteiger partial charge >= 0.3 is 6.18 Å². The number of rotatable bonds is 3. The number of alkyl halides is 3. The molecule has 1 aliphatic rings. The van der Waals surface area contributed by atoms with E-state index in [2.05, 4.69) is 5.32 Å². The van der Waals surface area contributed by atoms with Crippen LogP contribution in [0.2, 0.25) is 0 Å². The third-order valence-corrected chi connectivity index (χ3v) is 3.74. The van der Waals surface area contributed by atoms with Gasteiger partial charge in [-0.25, -0.2) is 0 Å². The highest BCUT2D eigenvalue weighted by molar-refractivity contribution is 5.94. The van der Waals surface area contributed by atoms with E-state index < -0.39 is 17.6 Å². The molecular weight excluding hydrogens is 311 g/mol. The van der Waals surface area contributed by atoms with Gasteiger partial charge in [0.15, 0.2) is 0 Å². The molecule has 126 valence electrons. The molecule has 0 spiro atoms. The van der Waals surface area contributed by atoms with Crippen LogP contribution in [-0.4, -0.2) is 61.4 Å². The summed E-state index contributed by atoms with van der Waals surface area (Å²) in [4.78, 5) is 27.0. The summed E-state index contributed by atoms with van der Waals surface area (Å²) in [6.07, 6.45) is -4.47. The molecule has 2 amide bonds. The van der Waals surface area contributed by atoms with Crippen molar-refractivity contribution in [3.8, 4) is 0 Å². The zero-order valence-electron chi connectivity index (χ0n) is 12.7. The van der Waals surface area contributed by atoms with Crippen molar-refractivity contribution >= 4 is 11.8 Å². The maximum absolute atomic E-state index is 12.7. The van der Waals surface area contributed by atoms with Crippen LogP contribution in [-0.2, 0) is 11.0 Å². The molecule has 1 aliphatic heterocycles. The van der Waals surface area contributed by atoms with Crippen LogP contribution in [0.4, 0.5) is 13.2 Å². The molecule has 1 aromatic carbocycles. The fourth-order valence-corrected chi connectivity index (χ4v) is 2.40. The van der Waals surface area contributed by atoms with Gasteiger partial charge in [0, 0.05) is 38.8 Å². The quantitative estimate of drug-likeness (QED) is 0.907. The molecule has 1 heterocycles. The van der Waals surface area contributed by atoms with Gasteiger partial charge in [0.25, 0.3) is 5.91 Å². The number of hydrogen-bond donors (Lipinski definition) is 1. The number of nitrogens with zero attached hydrogens (tertiary/aromatic N) is 2. The Morgan fingerprint density at radius 2 is 1.83 bits per heavy atom. The van der Waals surface area contributed by atoms with Crippen LogP contribution in [0.3, 0.4) is 0 Å². The second-order valence-corrected chi connectivity index (χ2v) is 5.32. The molecule has 8 heteroatoms. The van der Waals surface area contributed by atoms with E-state index in [9.17, 15) is 22.8 Å². The summed E-state index contributed by atoms with van der Waals surface area (Å²) in [5.74, 6) is -0.529. The lowest BCUT2D eigenvalue weighted by Crippen LogP contribution is -2.50. The van der Waals surface area contributed by atoms with Gasteiger partial charge in [-0.2, -0.15) is 13.2 Å². The van der Waals surface area contributed by atoms with E-state index in [1.165, 1.54) is 17.0 Å². The summed E-state index contributed by atoms with van der Waals surface area (Å²) in [5.41, 5.74) is -0.804. The van der Waals surface area contributed by atoms with Gasteiger partial charge in [0.05, 0.1) is 12.1 Å². The third-order valence-electron chi connectivity index (χ3n) is 3.74. The molecule has 0 atom stereocenters. The smallest absolute Gasteiger partial charge is 0.358 e. The molecule has 0 bridgehead atoms. The van der Waals surface area contributed by atoms with Crippen molar-refractivity contribution in [2.75, 3.05) is 39.8 Å². The molecule has 0 aliphatic carbocycles. The average molecular weight is 329 g/mol. The lowest BCUT2D eigenvalue weighted by molar-refractivity contribution is -0.137. The standard InChI is InChI=1S/C15H18F3N3O2/c1-19-13(22)10-20-5-7-21(8-6-20)14(23)11-3-2-4-12(9-11)15(16,17)18/h2-4,9H,5-8,10H2,1H3,(H,19,22). The first-order chi connectivity index (χ1) is 10.8. The lowest BCUT2D eigenvalue weighted by Gasteiger charge is -2.34. The summed E-state index contributed by atoms with van der Waals surface area (Å²) in [6, 6.07) is 4.43. The average Bonchev–Trinajstić information content (AvgIpc) is 2.54. The number of halogens is 3. The highest BCUT2D eigenvalue weighted by atomic mass is 19.4. The van der Waals surface area contributed by atoms with Crippen molar-refractivity contribution in [3.63, 3.8) is 0 Å². The van der Waals surface area contributed by atoms with Crippen LogP contribution in [0.5, 0.6) is 0 Å². The Labute approximate surface area is 132 Å². The number of likely N-dealkylation sites (N-methyl/N-ethyl adjacent to an activating group) is 1. The summed E-state index contributed by atoms with van der Waals surface area (Å²) in [5, 5.41) is 2.52. The van der Waals surface area contributed by atoms with Crippen LogP contribution in [0.1, 0.15) is 15.9 Å². The fraction of sp³-hybridized carbons (Fsp3) is 0.467. The van der Waals surface area contributed by atoms with Gasteiger partial charge in [-0.05, 0) is 18.2 Å². The lowest BCUT2D eigenvalue weighted by atomic mass is 10.1. The zero-order chi connectivity index (χ0) is 17.0. The molecule has 2 rings (SSSR count). The predicted octanol–water partition coefficient (Wildman–Crippen LogP) is 1.21. The Kier molecular flexibility index (Phi) is 5.25. The number of nitrogens with one attached hydrogen (secondary N) is 1. The maximum atomic E-state index is 12.7. The topological polar surface area (TPSA) is 52.7 Å². The van der Waals surface area contributed by atoms with Crippen molar-refractivity contribution in [2.45, 2.75) is 6.18 Å². The molecule has 0 unspecified atom stereocenters. The Bertz CT molecular complexity index is 582. The number of benzene rings is 1. The summed E-state index contributed by atoms with van der Waals surface area (Å²) < 4.78 is 38.1. The molecule has 0 aromatic heterocycles. The van der Waals surface area contributed by atoms with E-state index in [-0.39, 0.29) is 18.0 Å². The van der Waals surface area contributed by atoms with Gasteiger partial charge in [-0.3, -0.25) is 14.5 Å². The molecule has 5 nitrogen and oxygen atoms in total. The minimum Gasteiger partial charge on any atom is -0.358 e. The maximum Gasteiger partial charge on any atom is 0.416 e. The van der Waals surface area contributed by atoms with Crippen molar-refractivity contribution in [3.05, 3.63) is 35.4 Å². The second kappa shape index (κ2) is 6.99. The number of amides is 2. The van der Waals surface area contributed by atoms with Crippen LogP contribution in [0, 0.1) is 0 Å². The van der Waals surface area contributed by atoms with Crippen LogP contribution < -0.4 is 5.32 Å². The van der Waals surface area contributed by atoms with E-state index in [0.29, 0.717) is 26.2 Å². The van der Waals surface area contributed by atoms with E-state index in [1.54, 1.807) is 7.05 Å². The Morgan fingerprint density at radius 3 is 2.39 bits per heavy atom. The van der Waals surface area contributed by atoms with Gasteiger partial charge in [-0.1, -0.05) is 6.07 Å². The normalized spacial score (nSPS) is 16.3. The summed E-state index contributed by atoms with van der Waals surface area (Å²) in [7, 11) is 1.55. The van der Waals surface area contributed by atoms with Crippen molar-refractivity contribution in [1.29, 1.82) is 0 Å². The number of piperazine rings is 1. The number of carbonyl (C=O) groups excluding carboxylic acids is 2. The number of carbonyl (C=O) groups is 2. The highest BCUT2D eigenvalue weighted by Gasteiger charge is 2.31. The van der Waals surface area contributed by atoms with Crippen LogP contribution >= 0.6 is 0 Å². The van der Waals surface area contributed by atoms with E-state index >= 15 is 0 Å². The van der Waals surface area contributed by atoms with E-state index in [0.717, 1.165) is 12.1 Å².